The van der Waals surface area contributed by atoms with Gasteiger partial charge in [0, 0.05) is 17.1 Å². The number of benzene rings is 1. The van der Waals surface area contributed by atoms with Crippen LogP contribution in [0.1, 0.15) is 2.85 Å². The molecule has 2 rings (SSSR count). The van der Waals surface area contributed by atoms with Gasteiger partial charge in [0.2, 0.25) is 0 Å². The molecule has 0 unspecified atom stereocenters. The molecule has 0 fully saturated rings. The second-order valence-corrected chi connectivity index (χ2v) is 3.76. The molecule has 17 heavy (non-hydrogen) atoms. The van der Waals surface area contributed by atoms with E-state index in [0.29, 0.717) is 5.75 Å². The van der Waals surface area contributed by atoms with Gasteiger partial charge >= 0.3 is 66.9 Å². The zero-order valence-corrected chi connectivity index (χ0v) is 14.4. The predicted molar refractivity (Wildman–Crippen MR) is 56.5 cm³/mol. The standard InChI is InChI=1S/C8H7NO.2Na.H3O4P.2H/c10-8-5-9-7-4-2-1-3-6(7)8;;;1-5(2,3)4;;/h1-5,9-10H;;;(H3,1,2,3,4);;/q;2*+1;;2*-1. The smallest absolute Gasteiger partial charge is 1.00 e. The first-order valence-corrected chi connectivity index (χ1v) is 5.48. The average Bonchev–Trinajstić information content (AvgIpc) is 2.46. The van der Waals surface area contributed by atoms with Crippen LogP contribution in [0.5, 0.6) is 5.75 Å². The summed E-state index contributed by atoms with van der Waals surface area (Å²) in [6.07, 6.45) is 1.59. The van der Waals surface area contributed by atoms with Crippen LogP contribution in [-0.4, -0.2) is 24.8 Å². The molecule has 5 N–H and O–H groups in total. The molecule has 0 bridgehead atoms. The van der Waals surface area contributed by atoms with Gasteiger partial charge in [-0.25, -0.2) is 4.57 Å². The number of para-hydroxylation sites is 1. The molecular formula is C8H12NNa2O5P. The van der Waals surface area contributed by atoms with Crippen LogP contribution in [0.25, 0.3) is 10.9 Å². The van der Waals surface area contributed by atoms with Crippen molar-refractivity contribution >= 4 is 18.7 Å². The van der Waals surface area contributed by atoms with Gasteiger partial charge in [-0.1, -0.05) is 12.1 Å². The minimum Gasteiger partial charge on any atom is -1.00 e. The van der Waals surface area contributed by atoms with E-state index in [9.17, 15) is 5.11 Å². The Morgan fingerprint density at radius 2 is 1.59 bits per heavy atom. The summed E-state index contributed by atoms with van der Waals surface area (Å²) in [5.74, 6) is 0.315. The van der Waals surface area contributed by atoms with Crippen LogP contribution in [0.15, 0.2) is 30.5 Å². The molecule has 1 heterocycles. The Hall–Kier alpha value is 0.670. The van der Waals surface area contributed by atoms with E-state index in [-0.39, 0.29) is 62.0 Å². The molecule has 6 nitrogen and oxygen atoms in total. The zero-order valence-electron chi connectivity index (χ0n) is 11.5. The molecule has 0 atom stereocenters. The molecule has 0 spiro atoms. The summed E-state index contributed by atoms with van der Waals surface area (Å²) in [4.78, 5) is 24.5. The summed E-state index contributed by atoms with van der Waals surface area (Å²) in [7, 11) is -4.64. The molecule has 1 aromatic carbocycles. The van der Waals surface area contributed by atoms with E-state index in [1.807, 2.05) is 24.3 Å². The van der Waals surface area contributed by atoms with Gasteiger partial charge in [-0.3, -0.25) is 0 Å². The number of hydrogen-bond donors (Lipinski definition) is 5. The maximum atomic E-state index is 9.18. The Morgan fingerprint density at radius 1 is 1.12 bits per heavy atom. The van der Waals surface area contributed by atoms with Crippen molar-refractivity contribution in [2.75, 3.05) is 0 Å². The normalized spacial score (nSPS) is 9.59. The SMILES string of the molecule is O=P(O)(O)O.Oc1c[nH]c2ccccc12.[H-].[H-].[Na+].[Na+]. The van der Waals surface area contributed by atoms with E-state index >= 15 is 0 Å². The summed E-state index contributed by atoms with van der Waals surface area (Å²) in [6, 6.07) is 7.63. The van der Waals surface area contributed by atoms with Gasteiger partial charge in [0.15, 0.2) is 0 Å². The molecule has 0 saturated heterocycles. The largest absolute Gasteiger partial charge is 1.00 e. The number of hydrogen-bond acceptors (Lipinski definition) is 2. The Bertz CT molecular complexity index is 498. The van der Waals surface area contributed by atoms with E-state index in [1.165, 1.54) is 0 Å². The summed E-state index contributed by atoms with van der Waals surface area (Å²) < 4.78 is 8.88. The fourth-order valence-corrected chi connectivity index (χ4v) is 1.06. The van der Waals surface area contributed by atoms with Gasteiger partial charge in [0.05, 0.1) is 0 Å². The van der Waals surface area contributed by atoms with Crippen LogP contribution in [0.4, 0.5) is 0 Å². The van der Waals surface area contributed by atoms with Crippen LogP contribution < -0.4 is 59.1 Å². The van der Waals surface area contributed by atoms with E-state index < -0.39 is 7.82 Å². The number of nitrogens with one attached hydrogen (secondary N) is 1. The Labute approximate surface area is 145 Å². The molecule has 9 heteroatoms. The number of aromatic nitrogens is 1. The Kier molecular flexibility index (Phi) is 10.3. The molecule has 0 aliphatic rings. The molecule has 0 amide bonds. The average molecular weight is 279 g/mol. The van der Waals surface area contributed by atoms with Gasteiger partial charge in [0.25, 0.3) is 0 Å². The van der Waals surface area contributed by atoms with Crippen molar-refractivity contribution < 1.29 is 86.3 Å². The van der Waals surface area contributed by atoms with Gasteiger partial charge in [-0.05, 0) is 12.1 Å². The van der Waals surface area contributed by atoms with Gasteiger partial charge < -0.3 is 27.6 Å². The van der Waals surface area contributed by atoms with Crippen LogP contribution in [0.3, 0.4) is 0 Å². The predicted octanol–water partition coefficient (Wildman–Crippen LogP) is -4.82. The van der Waals surface area contributed by atoms with Crippen LogP contribution >= 0.6 is 7.82 Å². The van der Waals surface area contributed by atoms with Crippen molar-refractivity contribution in [3.8, 4) is 5.75 Å². The number of aromatic amines is 1. The maximum absolute atomic E-state index is 9.18. The first-order valence-electron chi connectivity index (χ1n) is 3.91. The summed E-state index contributed by atoms with van der Waals surface area (Å²) >= 11 is 0. The molecule has 2 aromatic rings. The minimum atomic E-state index is -4.64. The van der Waals surface area contributed by atoms with E-state index in [2.05, 4.69) is 4.98 Å². The quantitative estimate of drug-likeness (QED) is 0.245. The van der Waals surface area contributed by atoms with Crippen molar-refractivity contribution in [2.24, 2.45) is 0 Å². The van der Waals surface area contributed by atoms with Crippen molar-refractivity contribution in [3.63, 3.8) is 0 Å². The summed E-state index contributed by atoms with van der Waals surface area (Å²) in [5, 5.41) is 10.1. The maximum Gasteiger partial charge on any atom is 1.00 e. The van der Waals surface area contributed by atoms with Crippen LogP contribution in [0, 0.1) is 0 Å². The summed E-state index contributed by atoms with van der Waals surface area (Å²) in [5.41, 5.74) is 0.972. The first-order chi connectivity index (χ1) is 6.88. The Morgan fingerprint density at radius 3 is 2.06 bits per heavy atom. The van der Waals surface area contributed by atoms with Crippen molar-refractivity contribution in [1.29, 1.82) is 0 Å². The van der Waals surface area contributed by atoms with E-state index in [1.54, 1.807) is 6.20 Å². The van der Waals surface area contributed by atoms with Crippen LogP contribution in [-0.2, 0) is 4.57 Å². The summed E-state index contributed by atoms with van der Waals surface area (Å²) in [6.45, 7) is 0. The Balaban J connectivity index is -0.000000113. The van der Waals surface area contributed by atoms with Gasteiger partial charge in [0.1, 0.15) is 5.75 Å². The molecule has 0 radical (unpaired) electrons. The molecule has 0 aliphatic heterocycles. The van der Waals surface area contributed by atoms with Crippen LogP contribution in [0.2, 0.25) is 0 Å². The second kappa shape index (κ2) is 8.72. The monoisotopic (exact) mass is 279 g/mol. The van der Waals surface area contributed by atoms with Crippen molar-refractivity contribution in [1.82, 2.24) is 4.98 Å². The second-order valence-electron chi connectivity index (χ2n) is 2.73. The third-order valence-corrected chi connectivity index (χ3v) is 1.57. The fraction of sp³-hybridized carbons (Fsp3) is 0. The minimum absolute atomic E-state index is 0. The third kappa shape index (κ3) is 8.40. The molecule has 1 aromatic heterocycles. The number of phosphoric acid groups is 1. The van der Waals surface area contributed by atoms with E-state index in [0.717, 1.165) is 10.9 Å². The van der Waals surface area contributed by atoms with Crippen molar-refractivity contribution in [2.45, 2.75) is 0 Å². The topological polar surface area (TPSA) is 114 Å². The molecule has 0 saturated carbocycles. The first kappa shape index (κ1) is 20.0. The fourth-order valence-electron chi connectivity index (χ4n) is 1.06. The number of H-pyrrole nitrogens is 1. The number of aromatic hydroxyl groups is 1. The number of fused-ring (bicyclic) bond motifs is 1. The van der Waals surface area contributed by atoms with Crippen molar-refractivity contribution in [3.05, 3.63) is 30.5 Å². The molecule has 86 valence electrons. The third-order valence-electron chi connectivity index (χ3n) is 1.57. The number of rotatable bonds is 0. The molecular weight excluding hydrogens is 267 g/mol. The molecule has 0 aliphatic carbocycles. The zero-order chi connectivity index (χ0) is 11.5. The van der Waals surface area contributed by atoms with Gasteiger partial charge in [-0.2, -0.15) is 0 Å². The van der Waals surface area contributed by atoms with Gasteiger partial charge in [-0.15, -0.1) is 0 Å². The van der Waals surface area contributed by atoms with E-state index in [4.69, 9.17) is 19.2 Å².